The highest BCUT2D eigenvalue weighted by Crippen LogP contribution is 2.38. The third kappa shape index (κ3) is 3.38. The molecule has 104 valence electrons. The number of hydrogen-bond donors (Lipinski definition) is 2. The summed E-state index contributed by atoms with van der Waals surface area (Å²) in [4.78, 5) is 0. The molecule has 0 heterocycles. The van der Waals surface area contributed by atoms with Crippen LogP contribution in [-0.4, -0.2) is 5.84 Å². The smallest absolute Gasteiger partial charge is 0.147 e. The van der Waals surface area contributed by atoms with Gasteiger partial charge in [-0.2, -0.15) is 0 Å². The number of amidine groups is 1. The lowest BCUT2D eigenvalue weighted by atomic mass is 10.2. The molecule has 2 aromatic rings. The van der Waals surface area contributed by atoms with Gasteiger partial charge in [0, 0.05) is 16.1 Å². The van der Waals surface area contributed by atoms with Gasteiger partial charge in [-0.05, 0) is 40.2 Å². The maximum absolute atomic E-state index is 7.34. The van der Waals surface area contributed by atoms with E-state index in [1.807, 2.05) is 0 Å². The van der Waals surface area contributed by atoms with Crippen molar-refractivity contribution in [3.8, 4) is 11.5 Å². The van der Waals surface area contributed by atoms with Crippen LogP contribution < -0.4 is 10.5 Å². The molecule has 0 radical (unpaired) electrons. The number of nitrogens with one attached hydrogen (secondary N) is 1. The van der Waals surface area contributed by atoms with Crippen LogP contribution in [0.1, 0.15) is 5.56 Å². The van der Waals surface area contributed by atoms with Crippen molar-refractivity contribution in [2.45, 2.75) is 0 Å². The summed E-state index contributed by atoms with van der Waals surface area (Å²) in [5.41, 5.74) is 5.90. The van der Waals surface area contributed by atoms with Gasteiger partial charge in [0.25, 0.3) is 0 Å². The highest BCUT2D eigenvalue weighted by Gasteiger charge is 2.11. The SMILES string of the molecule is N=C(N)c1ccc(Oc2cc(Cl)c(Br)cc2Cl)c(Cl)c1. The Balaban J connectivity index is 2.35. The Hall–Kier alpha value is -0.940. The van der Waals surface area contributed by atoms with E-state index in [1.54, 1.807) is 30.3 Å². The number of benzene rings is 2. The van der Waals surface area contributed by atoms with Crippen LogP contribution in [0.3, 0.4) is 0 Å². The molecule has 0 aliphatic rings. The lowest BCUT2D eigenvalue weighted by Crippen LogP contribution is -2.10. The predicted octanol–water partition coefficient (Wildman–Crippen LogP) is 5.49. The van der Waals surface area contributed by atoms with Crippen LogP contribution in [0.2, 0.25) is 15.1 Å². The zero-order valence-electron chi connectivity index (χ0n) is 9.88. The predicted molar refractivity (Wildman–Crippen MR) is 86.7 cm³/mol. The number of nitrogens with two attached hydrogens (primary N) is 1. The van der Waals surface area contributed by atoms with E-state index in [0.717, 1.165) is 0 Å². The molecule has 0 atom stereocenters. The Bertz CT molecular complexity index is 692. The van der Waals surface area contributed by atoms with E-state index < -0.39 is 0 Å². The molecule has 0 amide bonds. The van der Waals surface area contributed by atoms with Crippen molar-refractivity contribution in [2.75, 3.05) is 0 Å². The van der Waals surface area contributed by atoms with Gasteiger partial charge in [-0.3, -0.25) is 5.41 Å². The number of halogens is 4. The van der Waals surface area contributed by atoms with Crippen LogP contribution in [0.5, 0.6) is 11.5 Å². The van der Waals surface area contributed by atoms with Gasteiger partial charge in [0.1, 0.15) is 17.3 Å². The molecular formula is C13H8BrCl3N2O. The summed E-state index contributed by atoms with van der Waals surface area (Å²) in [5, 5.41) is 8.54. The Labute approximate surface area is 139 Å². The topological polar surface area (TPSA) is 59.1 Å². The monoisotopic (exact) mass is 392 g/mol. The molecule has 0 saturated carbocycles. The van der Waals surface area contributed by atoms with Crippen molar-refractivity contribution in [3.05, 3.63) is 55.4 Å². The van der Waals surface area contributed by atoms with E-state index in [2.05, 4.69) is 15.9 Å². The third-order valence-electron chi connectivity index (χ3n) is 2.44. The largest absolute Gasteiger partial charge is 0.454 e. The van der Waals surface area contributed by atoms with Gasteiger partial charge in [0.15, 0.2) is 0 Å². The summed E-state index contributed by atoms with van der Waals surface area (Å²) in [6, 6.07) is 8.02. The zero-order valence-corrected chi connectivity index (χ0v) is 13.7. The normalized spacial score (nSPS) is 10.4. The van der Waals surface area contributed by atoms with Crippen LogP contribution in [0.4, 0.5) is 0 Å². The summed E-state index contributed by atoms with van der Waals surface area (Å²) >= 11 is 21.4. The maximum Gasteiger partial charge on any atom is 0.147 e. The summed E-state index contributed by atoms with van der Waals surface area (Å²) in [6.07, 6.45) is 0. The summed E-state index contributed by atoms with van der Waals surface area (Å²) in [5.74, 6) is 0.720. The maximum atomic E-state index is 7.34. The Morgan fingerprint density at radius 2 is 1.65 bits per heavy atom. The molecule has 0 spiro atoms. The number of ether oxygens (including phenoxy) is 1. The number of nitrogen functional groups attached to an aromatic ring is 1. The van der Waals surface area contributed by atoms with Crippen LogP contribution in [0.15, 0.2) is 34.8 Å². The first kappa shape index (κ1) is 15.4. The minimum absolute atomic E-state index is 0.0665. The van der Waals surface area contributed by atoms with E-state index in [0.29, 0.717) is 36.6 Å². The van der Waals surface area contributed by atoms with Gasteiger partial charge in [-0.15, -0.1) is 0 Å². The first-order chi connectivity index (χ1) is 9.38. The second-order valence-corrected chi connectivity index (χ2v) is 5.93. The average Bonchev–Trinajstić information content (AvgIpc) is 2.37. The molecule has 0 aliphatic heterocycles. The highest BCUT2D eigenvalue weighted by molar-refractivity contribution is 9.10. The van der Waals surface area contributed by atoms with Gasteiger partial charge in [0.2, 0.25) is 0 Å². The van der Waals surface area contributed by atoms with Crippen molar-refractivity contribution in [1.29, 1.82) is 5.41 Å². The fourth-order valence-electron chi connectivity index (χ4n) is 1.45. The molecule has 7 heteroatoms. The number of hydrogen-bond acceptors (Lipinski definition) is 2. The van der Waals surface area contributed by atoms with E-state index in [9.17, 15) is 0 Å². The second-order valence-electron chi connectivity index (χ2n) is 3.86. The summed E-state index contributed by atoms with van der Waals surface area (Å²) < 4.78 is 6.31. The molecular weight excluding hydrogens is 386 g/mol. The molecule has 0 saturated heterocycles. The van der Waals surface area contributed by atoms with Crippen molar-refractivity contribution in [1.82, 2.24) is 0 Å². The number of rotatable bonds is 3. The summed E-state index contributed by atoms with van der Waals surface area (Å²) in [6.45, 7) is 0. The fourth-order valence-corrected chi connectivity index (χ4v) is 2.50. The van der Waals surface area contributed by atoms with Gasteiger partial charge in [0.05, 0.1) is 15.1 Å². The quantitative estimate of drug-likeness (QED) is 0.411. The molecule has 0 fully saturated rings. The van der Waals surface area contributed by atoms with Gasteiger partial charge < -0.3 is 10.5 Å². The van der Waals surface area contributed by atoms with E-state index in [1.165, 1.54) is 0 Å². The van der Waals surface area contributed by atoms with Crippen LogP contribution in [0.25, 0.3) is 0 Å². The van der Waals surface area contributed by atoms with E-state index in [4.69, 9.17) is 50.7 Å². The molecule has 0 bridgehead atoms. The minimum Gasteiger partial charge on any atom is -0.454 e. The molecule has 0 aliphatic carbocycles. The van der Waals surface area contributed by atoms with E-state index in [-0.39, 0.29) is 5.84 Å². The lowest BCUT2D eigenvalue weighted by Gasteiger charge is -2.11. The Kier molecular flexibility index (Phi) is 4.81. The molecule has 20 heavy (non-hydrogen) atoms. The van der Waals surface area contributed by atoms with Gasteiger partial charge in [-0.1, -0.05) is 34.8 Å². The second kappa shape index (κ2) is 6.22. The van der Waals surface area contributed by atoms with Crippen molar-refractivity contribution >= 4 is 56.6 Å². The van der Waals surface area contributed by atoms with E-state index >= 15 is 0 Å². The molecule has 3 nitrogen and oxygen atoms in total. The first-order valence-electron chi connectivity index (χ1n) is 5.35. The lowest BCUT2D eigenvalue weighted by molar-refractivity contribution is 0.483. The first-order valence-corrected chi connectivity index (χ1v) is 7.27. The van der Waals surface area contributed by atoms with Crippen molar-refractivity contribution < 1.29 is 4.74 Å². The molecule has 0 unspecified atom stereocenters. The summed E-state index contributed by atoms with van der Waals surface area (Å²) in [7, 11) is 0. The fraction of sp³-hybridized carbons (Fsp3) is 0. The molecule has 0 aromatic heterocycles. The minimum atomic E-state index is -0.0665. The molecule has 3 N–H and O–H groups in total. The molecule has 2 aromatic carbocycles. The van der Waals surface area contributed by atoms with Crippen molar-refractivity contribution in [3.63, 3.8) is 0 Å². The Morgan fingerprint density at radius 1 is 1.00 bits per heavy atom. The standard InChI is InChI=1S/C13H8BrCl3N2O/c14-7-4-10(17)12(5-8(7)15)20-11-2-1-6(13(18)19)3-9(11)16/h1-5H,(H3,18,19). The van der Waals surface area contributed by atoms with Crippen molar-refractivity contribution in [2.24, 2.45) is 5.73 Å². The average molecular weight is 394 g/mol. The third-order valence-corrected chi connectivity index (χ3v) is 4.23. The zero-order chi connectivity index (χ0) is 14.9. The van der Waals surface area contributed by atoms with Gasteiger partial charge >= 0.3 is 0 Å². The van der Waals surface area contributed by atoms with Crippen LogP contribution in [0, 0.1) is 5.41 Å². The Morgan fingerprint density at radius 3 is 2.25 bits per heavy atom. The molecule has 2 rings (SSSR count). The highest BCUT2D eigenvalue weighted by atomic mass is 79.9. The van der Waals surface area contributed by atoms with Crippen LogP contribution in [-0.2, 0) is 0 Å². The van der Waals surface area contributed by atoms with Crippen LogP contribution >= 0.6 is 50.7 Å². The van der Waals surface area contributed by atoms with Gasteiger partial charge in [-0.25, -0.2) is 0 Å².